The second kappa shape index (κ2) is 41.6. The van der Waals surface area contributed by atoms with E-state index in [4.69, 9.17) is 17.1 Å². The number of rotatable bonds is 26. The molecule has 328 valence electrons. The van der Waals surface area contributed by atoms with Gasteiger partial charge in [0.25, 0.3) is 0 Å². The van der Waals surface area contributed by atoms with Crippen LogP contribution in [0.4, 0.5) is 17.1 Å². The van der Waals surface area contributed by atoms with E-state index in [0.29, 0.717) is 6.04 Å². The minimum absolute atomic E-state index is 0. The number of hydrogen-bond acceptors (Lipinski definition) is 3. The highest BCUT2D eigenvalue weighted by Crippen LogP contribution is 2.17. The van der Waals surface area contributed by atoms with E-state index >= 15 is 0 Å². The van der Waals surface area contributed by atoms with Gasteiger partial charge in [-0.25, -0.2) is 0 Å². The van der Waals surface area contributed by atoms with E-state index in [1.54, 1.807) is 0 Å². The summed E-state index contributed by atoms with van der Waals surface area (Å²) in [6.07, 6.45) is 35.5. The number of terminal acetylenes is 1. The first kappa shape index (κ1) is 56.6. The van der Waals surface area contributed by atoms with Gasteiger partial charge in [0.05, 0.1) is 5.69 Å². The first-order chi connectivity index (χ1) is 27.8. The van der Waals surface area contributed by atoms with Gasteiger partial charge in [-0.05, 0) is 131 Å². The highest BCUT2D eigenvalue weighted by Gasteiger charge is 2.02. The highest BCUT2D eigenvalue weighted by molar-refractivity contribution is 5.84. The Hall–Kier alpha value is -3.51. The molecule has 0 amide bonds. The first-order valence-corrected chi connectivity index (χ1v) is 23.5. The molecule has 1 unspecified atom stereocenters. The maximum Gasteiger partial charge on any atom is 0.0629 e. The summed E-state index contributed by atoms with van der Waals surface area (Å²) in [6, 6.07) is 26.5. The number of unbranched alkanes of at least 4 members (excludes halogenated alkanes) is 13. The number of benzene rings is 3. The molecule has 3 aromatic carbocycles. The fraction of sp³-hybridized carbons (Fsp3) is 0.618. The van der Waals surface area contributed by atoms with Crippen molar-refractivity contribution in [3.05, 3.63) is 89.5 Å². The standard InChI is InChI=1S/C18H31N.C18H29N.C10H15N.C8H14.CH4/c2*1-4-6-8-9-10-16(3)19-18-14-12-17(13-15-18)11-7-5-2;1-2-3-4-9-5-7-10(11)8-6-9;1-3-5-7-8-6-4-2;/h12-16,19H,4-11H2,1-3H3;12-15H,4-11H2,1-3H3;5-8H,2-4,11H2,1H3;1H,4-8H2,2H3;1H4. The van der Waals surface area contributed by atoms with E-state index in [0.717, 1.165) is 24.2 Å². The van der Waals surface area contributed by atoms with Crippen molar-refractivity contribution in [1.29, 1.82) is 0 Å². The molecule has 0 aliphatic rings. The van der Waals surface area contributed by atoms with Crippen LogP contribution in [0, 0.1) is 12.3 Å². The number of aliphatic imine (C=N–C) groups is 1. The van der Waals surface area contributed by atoms with Crippen LogP contribution < -0.4 is 11.1 Å². The number of nitrogens with one attached hydrogen (secondary N) is 1. The van der Waals surface area contributed by atoms with Gasteiger partial charge in [-0.3, -0.25) is 4.99 Å². The van der Waals surface area contributed by atoms with Crippen molar-refractivity contribution in [1.82, 2.24) is 0 Å². The van der Waals surface area contributed by atoms with Gasteiger partial charge in [0.1, 0.15) is 0 Å². The van der Waals surface area contributed by atoms with Crippen molar-refractivity contribution in [2.45, 2.75) is 223 Å². The van der Waals surface area contributed by atoms with Crippen LogP contribution >= 0.6 is 0 Å². The Morgan fingerprint density at radius 1 is 0.569 bits per heavy atom. The molecule has 0 aliphatic heterocycles. The molecule has 0 saturated heterocycles. The molecule has 1 atom stereocenters. The third-order valence-corrected chi connectivity index (χ3v) is 10.1. The van der Waals surface area contributed by atoms with E-state index in [1.165, 1.54) is 169 Å². The van der Waals surface area contributed by atoms with Crippen LogP contribution in [0.15, 0.2) is 77.8 Å². The zero-order chi connectivity index (χ0) is 42.2. The van der Waals surface area contributed by atoms with Gasteiger partial charge in [-0.15, -0.1) is 12.3 Å². The lowest BCUT2D eigenvalue weighted by Crippen LogP contribution is -2.14. The van der Waals surface area contributed by atoms with Gasteiger partial charge in [-0.2, -0.15) is 0 Å². The van der Waals surface area contributed by atoms with E-state index in [9.17, 15) is 0 Å². The molecule has 0 aromatic heterocycles. The molecule has 3 N–H and O–H groups in total. The first-order valence-electron chi connectivity index (χ1n) is 23.5. The van der Waals surface area contributed by atoms with Crippen molar-refractivity contribution in [2.75, 3.05) is 11.1 Å². The smallest absolute Gasteiger partial charge is 0.0629 e. The summed E-state index contributed by atoms with van der Waals surface area (Å²) < 4.78 is 0. The van der Waals surface area contributed by atoms with Crippen LogP contribution in [0.5, 0.6) is 0 Å². The second-order valence-corrected chi connectivity index (χ2v) is 16.0. The average Bonchev–Trinajstić information content (AvgIpc) is 3.23. The van der Waals surface area contributed by atoms with Crippen LogP contribution in [-0.4, -0.2) is 11.8 Å². The Labute approximate surface area is 362 Å². The van der Waals surface area contributed by atoms with E-state index < -0.39 is 0 Å². The maximum atomic E-state index is 5.56. The van der Waals surface area contributed by atoms with Gasteiger partial charge in [0.2, 0.25) is 0 Å². The fourth-order valence-corrected chi connectivity index (χ4v) is 6.30. The van der Waals surface area contributed by atoms with Crippen LogP contribution in [-0.2, 0) is 19.3 Å². The summed E-state index contributed by atoms with van der Waals surface area (Å²) in [7, 11) is 0. The second-order valence-electron chi connectivity index (χ2n) is 16.0. The van der Waals surface area contributed by atoms with Gasteiger partial charge < -0.3 is 11.1 Å². The molecule has 0 heterocycles. The predicted molar refractivity (Wildman–Crippen MR) is 267 cm³/mol. The monoisotopic (exact) mass is 796 g/mol. The van der Waals surface area contributed by atoms with Crippen LogP contribution in [0.3, 0.4) is 0 Å². The average molecular weight is 796 g/mol. The van der Waals surface area contributed by atoms with Crippen LogP contribution in [0.2, 0.25) is 0 Å². The third kappa shape index (κ3) is 34.5. The largest absolute Gasteiger partial charge is 0.399 e. The van der Waals surface area contributed by atoms with Crippen molar-refractivity contribution < 1.29 is 0 Å². The third-order valence-electron chi connectivity index (χ3n) is 10.1. The lowest BCUT2D eigenvalue weighted by atomic mass is 10.1. The Balaban J connectivity index is 0. The molecule has 0 bridgehead atoms. The quantitative estimate of drug-likeness (QED) is 0.0368. The minimum Gasteiger partial charge on any atom is -0.399 e. The number of anilines is 2. The zero-order valence-corrected chi connectivity index (χ0v) is 38.6. The van der Waals surface area contributed by atoms with Crippen molar-refractivity contribution in [2.24, 2.45) is 4.99 Å². The normalized spacial score (nSPS) is 11.0. The molecular weight excluding hydrogens is 703 g/mol. The molecular formula is C55H93N3. The van der Waals surface area contributed by atoms with Gasteiger partial charge in [0, 0.05) is 29.5 Å². The Bertz CT molecular complexity index is 1350. The van der Waals surface area contributed by atoms with Crippen molar-refractivity contribution >= 4 is 22.8 Å². The molecule has 0 aliphatic carbocycles. The predicted octanol–water partition coefficient (Wildman–Crippen LogP) is 17.7. The van der Waals surface area contributed by atoms with Crippen LogP contribution in [0.1, 0.15) is 214 Å². The van der Waals surface area contributed by atoms with Crippen molar-refractivity contribution in [3.63, 3.8) is 0 Å². The molecule has 0 radical (unpaired) electrons. The summed E-state index contributed by atoms with van der Waals surface area (Å²) in [6.45, 7) is 17.8. The topological polar surface area (TPSA) is 50.4 Å². The Morgan fingerprint density at radius 2 is 0.983 bits per heavy atom. The number of aryl methyl sites for hydroxylation is 3. The SMILES string of the molecule is C.C#CCCCCCC.CCCCCCC(C)=Nc1ccc(CCCC)cc1.CCCCCCC(C)Nc1ccc(CCCC)cc1.CCCCc1ccc(N)cc1. The summed E-state index contributed by atoms with van der Waals surface area (Å²) in [5, 5.41) is 3.60. The molecule has 3 rings (SSSR count). The molecule has 0 spiro atoms. The van der Waals surface area contributed by atoms with E-state index in [-0.39, 0.29) is 7.43 Å². The van der Waals surface area contributed by atoms with Gasteiger partial charge >= 0.3 is 0 Å². The number of nitrogens with two attached hydrogens (primary N) is 1. The zero-order valence-electron chi connectivity index (χ0n) is 38.6. The molecule has 3 nitrogen and oxygen atoms in total. The van der Waals surface area contributed by atoms with E-state index in [1.807, 2.05) is 12.1 Å². The fourth-order valence-electron chi connectivity index (χ4n) is 6.30. The van der Waals surface area contributed by atoms with Gasteiger partial charge in [0.15, 0.2) is 0 Å². The minimum atomic E-state index is 0. The summed E-state index contributed by atoms with van der Waals surface area (Å²) in [5.41, 5.74) is 14.3. The van der Waals surface area contributed by atoms with E-state index in [2.05, 4.69) is 127 Å². The van der Waals surface area contributed by atoms with Crippen LogP contribution in [0.25, 0.3) is 0 Å². The summed E-state index contributed by atoms with van der Waals surface area (Å²) in [4.78, 5) is 4.69. The lowest BCUT2D eigenvalue weighted by Gasteiger charge is -2.15. The molecule has 0 fully saturated rings. The molecule has 3 heteroatoms. The highest BCUT2D eigenvalue weighted by atomic mass is 14.9. The lowest BCUT2D eigenvalue weighted by molar-refractivity contribution is 0.594. The maximum absolute atomic E-state index is 5.56. The summed E-state index contributed by atoms with van der Waals surface area (Å²) in [5.74, 6) is 2.63. The number of hydrogen-bond donors (Lipinski definition) is 2. The number of nitrogens with zero attached hydrogens (tertiary/aromatic N) is 1. The molecule has 58 heavy (non-hydrogen) atoms. The Morgan fingerprint density at radius 3 is 1.43 bits per heavy atom. The van der Waals surface area contributed by atoms with Gasteiger partial charge in [-0.1, -0.05) is 169 Å². The molecule has 0 saturated carbocycles. The Kier molecular flexibility index (Phi) is 40.6. The van der Waals surface area contributed by atoms with Crippen molar-refractivity contribution in [3.8, 4) is 12.3 Å². The number of nitrogen functional groups attached to an aromatic ring is 1. The molecule has 3 aromatic rings. The summed E-state index contributed by atoms with van der Waals surface area (Å²) >= 11 is 0.